The maximum absolute atomic E-state index is 13.1. The monoisotopic (exact) mass is 426 g/mol. The zero-order valence-electron chi connectivity index (χ0n) is 17.2. The van der Waals surface area contributed by atoms with Crippen LogP contribution in [0.3, 0.4) is 0 Å². The lowest BCUT2D eigenvalue weighted by Crippen LogP contribution is -2.36. The number of hydrogen-bond acceptors (Lipinski definition) is 4. The van der Waals surface area contributed by atoms with Crippen LogP contribution in [0.5, 0.6) is 0 Å². The number of imidazole rings is 1. The van der Waals surface area contributed by atoms with E-state index < -0.39 is 0 Å². The molecule has 1 saturated heterocycles. The predicted molar refractivity (Wildman–Crippen MR) is 120 cm³/mol. The van der Waals surface area contributed by atoms with Crippen molar-refractivity contribution in [2.24, 2.45) is 0 Å². The molecule has 1 amide bonds. The highest BCUT2D eigenvalue weighted by Crippen LogP contribution is 2.28. The van der Waals surface area contributed by atoms with Gasteiger partial charge in [0.2, 0.25) is 5.91 Å². The number of rotatable bonds is 6. The molecule has 1 aliphatic heterocycles. The van der Waals surface area contributed by atoms with Crippen molar-refractivity contribution in [3.63, 3.8) is 0 Å². The zero-order chi connectivity index (χ0) is 20.9. The second-order valence-electron chi connectivity index (χ2n) is 7.73. The third-order valence-corrected chi connectivity index (χ3v) is 6.65. The smallest absolute Gasteiger partial charge is 0.232 e. The highest BCUT2D eigenvalue weighted by atomic mass is 32.2. The second kappa shape index (κ2) is 9.62. The first-order chi connectivity index (χ1) is 14.6. The lowest BCUT2D eigenvalue weighted by molar-refractivity contribution is -0.128. The maximum Gasteiger partial charge on any atom is 0.232 e. The summed E-state index contributed by atoms with van der Waals surface area (Å²) in [5, 5.41) is 0.128. The van der Waals surface area contributed by atoms with Crippen LogP contribution in [0, 0.1) is 5.82 Å². The second-order valence-corrected chi connectivity index (χ2v) is 9.06. The Kier molecular flexibility index (Phi) is 6.69. The number of hydrogen-bond donors (Lipinski definition) is 1. The van der Waals surface area contributed by atoms with Gasteiger partial charge in [0.1, 0.15) is 11.6 Å². The first kappa shape index (κ1) is 20.9. The van der Waals surface area contributed by atoms with E-state index in [2.05, 4.69) is 21.8 Å². The topological polar surface area (TPSA) is 52.2 Å². The Balaban J connectivity index is 1.26. The van der Waals surface area contributed by atoms with Crippen molar-refractivity contribution in [1.82, 2.24) is 19.8 Å². The van der Waals surface area contributed by atoms with Crippen molar-refractivity contribution in [3.8, 4) is 0 Å². The van der Waals surface area contributed by atoms with Gasteiger partial charge >= 0.3 is 0 Å². The van der Waals surface area contributed by atoms with Gasteiger partial charge < -0.3 is 9.88 Å². The Morgan fingerprint density at radius 1 is 1.13 bits per heavy atom. The summed E-state index contributed by atoms with van der Waals surface area (Å²) in [6.45, 7) is 6.19. The molecule has 1 aliphatic rings. The Bertz CT molecular complexity index is 957. The number of benzene rings is 2. The minimum atomic E-state index is -0.208. The minimum Gasteiger partial charge on any atom is -0.341 e. The van der Waals surface area contributed by atoms with Gasteiger partial charge in [0, 0.05) is 32.7 Å². The van der Waals surface area contributed by atoms with Crippen LogP contribution in [0.4, 0.5) is 4.39 Å². The lowest BCUT2D eigenvalue weighted by atomic mass is 10.2. The number of fused-ring (bicyclic) bond motifs is 1. The number of nitrogens with zero attached hydrogens (tertiary/aromatic N) is 3. The quantitative estimate of drug-likeness (QED) is 0.641. The number of H-pyrrole nitrogens is 1. The molecule has 4 rings (SSSR count). The summed E-state index contributed by atoms with van der Waals surface area (Å²) in [6, 6.07) is 14.7. The molecule has 1 N–H and O–H groups in total. The zero-order valence-corrected chi connectivity index (χ0v) is 18.0. The fourth-order valence-corrected chi connectivity index (χ4v) is 4.60. The number of aromatic nitrogens is 2. The van der Waals surface area contributed by atoms with Gasteiger partial charge in [0.25, 0.3) is 0 Å². The van der Waals surface area contributed by atoms with E-state index in [4.69, 9.17) is 0 Å². The molecule has 1 unspecified atom stereocenters. The maximum atomic E-state index is 13.1. The van der Waals surface area contributed by atoms with Crippen molar-refractivity contribution in [3.05, 3.63) is 65.7 Å². The molecule has 3 aromatic rings. The Morgan fingerprint density at radius 2 is 1.93 bits per heavy atom. The van der Waals surface area contributed by atoms with Gasteiger partial charge in [-0.2, -0.15) is 0 Å². The molecule has 1 atom stereocenters. The van der Waals surface area contributed by atoms with E-state index in [1.54, 1.807) is 11.8 Å². The van der Waals surface area contributed by atoms with Gasteiger partial charge in [-0.1, -0.05) is 24.3 Å². The van der Waals surface area contributed by atoms with Crippen LogP contribution >= 0.6 is 11.8 Å². The van der Waals surface area contributed by atoms with Crippen molar-refractivity contribution < 1.29 is 9.18 Å². The van der Waals surface area contributed by atoms with Crippen molar-refractivity contribution in [1.29, 1.82) is 0 Å². The summed E-state index contributed by atoms with van der Waals surface area (Å²) in [5.41, 5.74) is 3.09. The summed E-state index contributed by atoms with van der Waals surface area (Å²) in [4.78, 5) is 25.1. The fourth-order valence-electron chi connectivity index (χ4n) is 3.76. The number of para-hydroxylation sites is 2. The Hall–Kier alpha value is -2.38. The highest BCUT2D eigenvalue weighted by molar-refractivity contribution is 8.00. The van der Waals surface area contributed by atoms with Gasteiger partial charge in [-0.15, -0.1) is 11.8 Å². The van der Waals surface area contributed by atoms with E-state index in [-0.39, 0.29) is 17.0 Å². The van der Waals surface area contributed by atoms with E-state index in [9.17, 15) is 9.18 Å². The molecule has 0 radical (unpaired) electrons. The van der Waals surface area contributed by atoms with Crippen LogP contribution in [0.25, 0.3) is 11.0 Å². The molecular formula is C23H27FN4OS. The average Bonchev–Trinajstić information content (AvgIpc) is 3.06. The minimum absolute atomic E-state index is 0.128. The van der Waals surface area contributed by atoms with Crippen LogP contribution in [0.2, 0.25) is 0 Å². The summed E-state index contributed by atoms with van der Waals surface area (Å²) >= 11 is 1.62. The van der Waals surface area contributed by atoms with E-state index in [0.717, 1.165) is 61.6 Å². The molecule has 0 spiro atoms. The molecule has 0 aliphatic carbocycles. The highest BCUT2D eigenvalue weighted by Gasteiger charge is 2.21. The largest absolute Gasteiger partial charge is 0.341 e. The van der Waals surface area contributed by atoms with Gasteiger partial charge in [-0.05, 0) is 43.2 Å². The fraction of sp³-hybridized carbons (Fsp3) is 0.391. The molecule has 7 heteroatoms. The van der Waals surface area contributed by atoms with Crippen LogP contribution in [0.15, 0.2) is 48.5 Å². The molecular weight excluding hydrogens is 399 g/mol. The van der Waals surface area contributed by atoms with Gasteiger partial charge in [-0.3, -0.25) is 9.69 Å². The molecule has 2 aromatic carbocycles. The SMILES string of the molecule is CC(SCC(=O)N1CCCN(Cc2ccc(F)cc2)CC1)c1nc2ccccc2[nH]1. The summed E-state index contributed by atoms with van der Waals surface area (Å²) < 4.78 is 13.1. The normalized spacial score (nSPS) is 16.5. The van der Waals surface area contributed by atoms with E-state index >= 15 is 0 Å². The average molecular weight is 427 g/mol. The van der Waals surface area contributed by atoms with Crippen LogP contribution in [0.1, 0.15) is 30.0 Å². The Labute approximate surface area is 180 Å². The van der Waals surface area contributed by atoms with E-state index in [0.29, 0.717) is 5.75 Å². The number of amides is 1. The van der Waals surface area contributed by atoms with Crippen molar-refractivity contribution in [2.75, 3.05) is 31.9 Å². The molecule has 0 bridgehead atoms. The van der Waals surface area contributed by atoms with Gasteiger partial charge in [-0.25, -0.2) is 9.37 Å². The lowest BCUT2D eigenvalue weighted by Gasteiger charge is -2.22. The van der Waals surface area contributed by atoms with Gasteiger partial charge in [0.05, 0.1) is 22.0 Å². The van der Waals surface area contributed by atoms with Crippen LogP contribution in [-0.2, 0) is 11.3 Å². The molecule has 158 valence electrons. The first-order valence-corrected chi connectivity index (χ1v) is 11.4. The molecule has 5 nitrogen and oxygen atoms in total. The van der Waals surface area contributed by atoms with Crippen molar-refractivity contribution in [2.45, 2.75) is 25.1 Å². The summed E-state index contributed by atoms with van der Waals surface area (Å²) in [6.07, 6.45) is 0.955. The van der Waals surface area contributed by atoms with Crippen LogP contribution in [-0.4, -0.2) is 57.6 Å². The number of thioether (sulfide) groups is 1. The van der Waals surface area contributed by atoms with Gasteiger partial charge in [0.15, 0.2) is 0 Å². The third kappa shape index (κ3) is 5.21. The van der Waals surface area contributed by atoms with Crippen LogP contribution < -0.4 is 0 Å². The Morgan fingerprint density at radius 3 is 2.73 bits per heavy atom. The molecule has 30 heavy (non-hydrogen) atoms. The molecule has 0 saturated carbocycles. The van der Waals surface area contributed by atoms with E-state index in [1.807, 2.05) is 41.3 Å². The number of carbonyl (C=O) groups is 1. The first-order valence-electron chi connectivity index (χ1n) is 10.4. The molecule has 2 heterocycles. The summed E-state index contributed by atoms with van der Waals surface area (Å²) in [5.74, 6) is 1.35. The third-order valence-electron chi connectivity index (χ3n) is 5.51. The number of aromatic amines is 1. The number of nitrogens with one attached hydrogen (secondary N) is 1. The molecule has 1 aromatic heterocycles. The predicted octanol–water partition coefficient (Wildman–Crippen LogP) is 4.23. The standard InChI is InChI=1S/C23H27FN4OS/c1-17(23-25-20-5-2-3-6-21(20)26-23)30-16-22(29)28-12-4-11-27(13-14-28)15-18-7-9-19(24)10-8-18/h2-3,5-10,17H,4,11-16H2,1H3,(H,25,26). The molecule has 1 fully saturated rings. The summed E-state index contributed by atoms with van der Waals surface area (Å²) in [7, 11) is 0. The number of carbonyl (C=O) groups excluding carboxylic acids is 1. The number of halogens is 1. The van der Waals surface area contributed by atoms with E-state index in [1.165, 1.54) is 12.1 Å². The van der Waals surface area contributed by atoms with Crippen molar-refractivity contribution >= 4 is 28.7 Å².